The predicted molar refractivity (Wildman–Crippen MR) is 56.4 cm³/mol. The van der Waals surface area contributed by atoms with Crippen LogP contribution in [0.1, 0.15) is 0 Å². The first-order chi connectivity index (χ1) is 7.39. The van der Waals surface area contributed by atoms with E-state index < -0.39 is 10.0 Å². The van der Waals surface area contributed by atoms with E-state index in [-0.39, 0.29) is 17.4 Å². The molecule has 8 nitrogen and oxygen atoms in total. The van der Waals surface area contributed by atoms with E-state index >= 15 is 0 Å². The van der Waals surface area contributed by atoms with E-state index in [9.17, 15) is 8.42 Å². The summed E-state index contributed by atoms with van der Waals surface area (Å²) in [5.41, 5.74) is 5.23. The Morgan fingerprint density at radius 3 is 2.81 bits per heavy atom. The van der Waals surface area contributed by atoms with Crippen LogP contribution in [0.4, 0.5) is 0 Å². The van der Waals surface area contributed by atoms with Gasteiger partial charge in [0.15, 0.2) is 10.9 Å². The molecule has 0 saturated carbocycles. The number of nitrogens with zero attached hydrogens (tertiary/aromatic N) is 4. The first-order valence-electron chi connectivity index (χ1n) is 4.30. The minimum Gasteiger partial charge on any atom is -0.409 e. The minimum atomic E-state index is -3.67. The number of amidine groups is 1. The summed E-state index contributed by atoms with van der Waals surface area (Å²) in [6.07, 6.45) is 1.38. The third-order valence-electron chi connectivity index (χ3n) is 1.96. The van der Waals surface area contributed by atoms with Gasteiger partial charge in [-0.2, -0.15) is 9.40 Å². The molecular formula is C7H13N5O3S. The van der Waals surface area contributed by atoms with Crippen molar-refractivity contribution in [2.45, 2.75) is 5.03 Å². The standard InChI is InChI=1S/C7H13N5O3S/c1-11(5-6(8)10-13)16(14,15)7-3-4-9-12(7)2/h3-4,13H,5H2,1-2H3,(H2,8,10). The van der Waals surface area contributed by atoms with Gasteiger partial charge in [0.25, 0.3) is 10.0 Å². The van der Waals surface area contributed by atoms with Gasteiger partial charge < -0.3 is 10.9 Å². The largest absolute Gasteiger partial charge is 0.409 e. The molecule has 90 valence electrons. The summed E-state index contributed by atoms with van der Waals surface area (Å²) in [5, 5.41) is 14.9. The van der Waals surface area contributed by atoms with Gasteiger partial charge in [0.1, 0.15) is 0 Å². The lowest BCUT2D eigenvalue weighted by Crippen LogP contribution is -2.36. The molecule has 0 unspecified atom stereocenters. The van der Waals surface area contributed by atoms with E-state index in [0.29, 0.717) is 0 Å². The highest BCUT2D eigenvalue weighted by Crippen LogP contribution is 2.11. The van der Waals surface area contributed by atoms with Gasteiger partial charge in [-0.05, 0) is 6.07 Å². The molecule has 9 heteroatoms. The maximum atomic E-state index is 11.9. The third kappa shape index (κ3) is 2.31. The molecule has 1 aromatic rings. The van der Waals surface area contributed by atoms with Gasteiger partial charge in [-0.1, -0.05) is 5.16 Å². The second kappa shape index (κ2) is 4.49. The van der Waals surface area contributed by atoms with Crippen LogP contribution in [0, 0.1) is 0 Å². The first kappa shape index (κ1) is 12.5. The molecular weight excluding hydrogens is 234 g/mol. The molecule has 1 aromatic heterocycles. The van der Waals surface area contributed by atoms with Crippen LogP contribution in [0.2, 0.25) is 0 Å². The lowest BCUT2D eigenvalue weighted by atomic mass is 10.6. The van der Waals surface area contributed by atoms with Crippen molar-refractivity contribution in [3.8, 4) is 0 Å². The van der Waals surface area contributed by atoms with Gasteiger partial charge in [0.05, 0.1) is 12.7 Å². The molecule has 1 heterocycles. The van der Waals surface area contributed by atoms with Crippen LogP contribution in [0.15, 0.2) is 22.4 Å². The van der Waals surface area contributed by atoms with Crippen molar-refractivity contribution in [2.75, 3.05) is 13.6 Å². The molecule has 0 amide bonds. The van der Waals surface area contributed by atoms with Crippen molar-refractivity contribution in [2.24, 2.45) is 17.9 Å². The van der Waals surface area contributed by atoms with Crippen LogP contribution >= 0.6 is 0 Å². The summed E-state index contributed by atoms with van der Waals surface area (Å²) >= 11 is 0. The highest BCUT2D eigenvalue weighted by molar-refractivity contribution is 7.89. The topological polar surface area (TPSA) is 114 Å². The van der Waals surface area contributed by atoms with Gasteiger partial charge in [0.2, 0.25) is 0 Å². The second-order valence-corrected chi connectivity index (χ2v) is 5.14. The average Bonchev–Trinajstić information content (AvgIpc) is 2.64. The maximum absolute atomic E-state index is 11.9. The zero-order valence-electron chi connectivity index (χ0n) is 8.90. The predicted octanol–water partition coefficient (Wildman–Crippen LogP) is -1.21. The molecule has 0 fully saturated rings. The summed E-state index contributed by atoms with van der Waals surface area (Å²) in [7, 11) is -0.818. The monoisotopic (exact) mass is 247 g/mol. The lowest BCUT2D eigenvalue weighted by Gasteiger charge is -2.15. The van der Waals surface area contributed by atoms with Crippen molar-refractivity contribution < 1.29 is 13.6 Å². The average molecular weight is 247 g/mol. The lowest BCUT2D eigenvalue weighted by molar-refractivity contribution is 0.315. The van der Waals surface area contributed by atoms with Crippen LogP contribution in [0.3, 0.4) is 0 Å². The molecule has 1 rings (SSSR count). The molecule has 0 aliphatic carbocycles. The fourth-order valence-electron chi connectivity index (χ4n) is 1.12. The summed E-state index contributed by atoms with van der Waals surface area (Å²) < 4.78 is 26.1. The highest BCUT2D eigenvalue weighted by atomic mass is 32.2. The number of nitrogens with two attached hydrogens (primary N) is 1. The SMILES string of the molecule is CN(CC(N)=NO)S(=O)(=O)c1ccnn1C. The van der Waals surface area contributed by atoms with E-state index in [2.05, 4.69) is 10.3 Å². The molecule has 0 bridgehead atoms. The van der Waals surface area contributed by atoms with Crippen molar-refractivity contribution in [1.82, 2.24) is 14.1 Å². The number of aryl methyl sites for hydroxylation is 1. The van der Waals surface area contributed by atoms with Gasteiger partial charge in [-0.3, -0.25) is 4.68 Å². The van der Waals surface area contributed by atoms with E-state index in [0.717, 1.165) is 4.31 Å². The zero-order chi connectivity index (χ0) is 12.3. The molecule has 0 aromatic carbocycles. The number of likely N-dealkylation sites (N-methyl/N-ethyl adjacent to an activating group) is 1. The molecule has 0 aliphatic rings. The summed E-state index contributed by atoms with van der Waals surface area (Å²) in [4.78, 5) is 0. The molecule has 0 spiro atoms. The second-order valence-electron chi connectivity index (χ2n) is 3.15. The molecule has 16 heavy (non-hydrogen) atoms. The Labute approximate surface area is 93.0 Å². The van der Waals surface area contributed by atoms with Gasteiger partial charge in [0, 0.05) is 14.1 Å². The van der Waals surface area contributed by atoms with Crippen LogP contribution in [-0.4, -0.2) is 47.1 Å². The quantitative estimate of drug-likeness (QED) is 0.300. The van der Waals surface area contributed by atoms with Crippen molar-refractivity contribution >= 4 is 15.9 Å². The normalized spacial score (nSPS) is 13.3. The molecule has 3 N–H and O–H groups in total. The molecule has 0 aliphatic heterocycles. The number of aromatic nitrogens is 2. The minimum absolute atomic E-state index is 0.0424. The van der Waals surface area contributed by atoms with Gasteiger partial charge in [-0.25, -0.2) is 8.42 Å². The van der Waals surface area contributed by atoms with E-state index in [1.54, 1.807) is 0 Å². The molecule has 0 radical (unpaired) electrons. The summed E-state index contributed by atoms with van der Waals surface area (Å²) in [6, 6.07) is 1.37. The Morgan fingerprint density at radius 2 is 2.38 bits per heavy atom. The van der Waals surface area contributed by atoms with E-state index in [1.165, 1.54) is 31.0 Å². The summed E-state index contributed by atoms with van der Waals surface area (Å²) in [6.45, 7) is -0.190. The maximum Gasteiger partial charge on any atom is 0.260 e. The molecule has 0 atom stereocenters. The number of hydrogen-bond donors (Lipinski definition) is 2. The van der Waals surface area contributed by atoms with Crippen LogP contribution < -0.4 is 5.73 Å². The van der Waals surface area contributed by atoms with Crippen LogP contribution in [0.25, 0.3) is 0 Å². The third-order valence-corrected chi connectivity index (χ3v) is 3.84. The smallest absolute Gasteiger partial charge is 0.260 e. The highest BCUT2D eigenvalue weighted by Gasteiger charge is 2.24. The van der Waals surface area contributed by atoms with Crippen LogP contribution in [-0.2, 0) is 17.1 Å². The first-order valence-corrected chi connectivity index (χ1v) is 5.74. The van der Waals surface area contributed by atoms with Gasteiger partial charge >= 0.3 is 0 Å². The Hall–Kier alpha value is -1.61. The number of rotatable bonds is 4. The Kier molecular flexibility index (Phi) is 3.50. The fourth-order valence-corrected chi connectivity index (χ4v) is 2.35. The van der Waals surface area contributed by atoms with E-state index in [1.807, 2.05) is 0 Å². The Bertz CT molecular complexity index is 492. The number of hydrogen-bond acceptors (Lipinski definition) is 5. The van der Waals surface area contributed by atoms with Crippen molar-refractivity contribution in [3.63, 3.8) is 0 Å². The van der Waals surface area contributed by atoms with Crippen LogP contribution in [0.5, 0.6) is 0 Å². The fraction of sp³-hybridized carbons (Fsp3) is 0.429. The molecule has 0 saturated heterocycles. The number of oxime groups is 1. The van der Waals surface area contributed by atoms with Gasteiger partial charge in [-0.15, -0.1) is 0 Å². The Balaban J connectivity index is 3.00. The number of sulfonamides is 1. The zero-order valence-corrected chi connectivity index (χ0v) is 9.72. The van der Waals surface area contributed by atoms with Crippen molar-refractivity contribution in [3.05, 3.63) is 12.3 Å². The van der Waals surface area contributed by atoms with Crippen molar-refractivity contribution in [1.29, 1.82) is 0 Å². The Morgan fingerprint density at radius 1 is 1.75 bits per heavy atom. The van der Waals surface area contributed by atoms with E-state index in [4.69, 9.17) is 10.9 Å². The summed E-state index contributed by atoms with van der Waals surface area (Å²) in [5.74, 6) is -0.187.